The van der Waals surface area contributed by atoms with Crippen molar-refractivity contribution in [1.82, 2.24) is 19.7 Å². The molecule has 0 radical (unpaired) electrons. The molecule has 0 aliphatic carbocycles. The van der Waals surface area contributed by atoms with Crippen LogP contribution >= 0.6 is 11.8 Å². The van der Waals surface area contributed by atoms with Gasteiger partial charge in [-0.1, -0.05) is 23.9 Å². The second-order valence-electron chi connectivity index (χ2n) is 5.81. The Morgan fingerprint density at radius 2 is 2.11 bits per heavy atom. The van der Waals surface area contributed by atoms with Gasteiger partial charge in [-0.2, -0.15) is 0 Å². The molecule has 8 heteroatoms. The number of aryl methyl sites for hydroxylation is 1. The van der Waals surface area contributed by atoms with Crippen LogP contribution in [0.2, 0.25) is 0 Å². The number of amides is 1. The van der Waals surface area contributed by atoms with Gasteiger partial charge in [0.15, 0.2) is 11.0 Å². The minimum atomic E-state index is -0.131. The second kappa shape index (κ2) is 8.68. The third-order valence-electron chi connectivity index (χ3n) is 3.89. The molecule has 0 bridgehead atoms. The molecule has 140 valence electrons. The number of thioether (sulfide) groups is 1. The van der Waals surface area contributed by atoms with Crippen LogP contribution in [0.15, 0.2) is 47.8 Å². The molecule has 0 unspecified atom stereocenters. The molecule has 7 nitrogen and oxygen atoms in total. The Balaban J connectivity index is 1.69. The van der Waals surface area contributed by atoms with Crippen molar-refractivity contribution in [2.75, 3.05) is 18.2 Å². The van der Waals surface area contributed by atoms with Gasteiger partial charge in [-0.15, -0.1) is 10.2 Å². The number of aromatic nitrogens is 4. The van der Waals surface area contributed by atoms with Crippen molar-refractivity contribution in [2.45, 2.75) is 25.5 Å². The third kappa shape index (κ3) is 4.46. The number of hydrogen-bond donors (Lipinski definition) is 1. The fourth-order valence-electron chi connectivity index (χ4n) is 2.60. The van der Waals surface area contributed by atoms with Gasteiger partial charge in [0.2, 0.25) is 5.91 Å². The Labute approximate surface area is 162 Å². The summed E-state index contributed by atoms with van der Waals surface area (Å²) in [6.45, 7) is 4.67. The number of hydrogen-bond acceptors (Lipinski definition) is 6. The Morgan fingerprint density at radius 1 is 1.26 bits per heavy atom. The number of ether oxygens (including phenoxy) is 1. The number of rotatable bonds is 7. The summed E-state index contributed by atoms with van der Waals surface area (Å²) in [6, 6.07) is 11.3. The summed E-state index contributed by atoms with van der Waals surface area (Å²) >= 11 is 1.34. The Morgan fingerprint density at radius 3 is 2.81 bits per heavy atom. The van der Waals surface area contributed by atoms with E-state index < -0.39 is 0 Å². The van der Waals surface area contributed by atoms with Crippen molar-refractivity contribution in [1.29, 1.82) is 0 Å². The van der Waals surface area contributed by atoms with Crippen LogP contribution < -0.4 is 10.1 Å². The molecule has 0 aliphatic heterocycles. The molecule has 27 heavy (non-hydrogen) atoms. The van der Waals surface area contributed by atoms with Crippen LogP contribution in [0.25, 0.3) is 11.5 Å². The lowest BCUT2D eigenvalue weighted by molar-refractivity contribution is -0.113. The third-order valence-corrected chi connectivity index (χ3v) is 4.86. The van der Waals surface area contributed by atoms with Gasteiger partial charge in [0.05, 0.1) is 18.6 Å². The average molecular weight is 383 g/mol. The van der Waals surface area contributed by atoms with Gasteiger partial charge in [-0.3, -0.25) is 9.78 Å². The first-order valence-corrected chi connectivity index (χ1v) is 9.52. The zero-order valence-electron chi connectivity index (χ0n) is 15.5. The van der Waals surface area contributed by atoms with Crippen molar-refractivity contribution in [2.24, 2.45) is 0 Å². The first-order valence-electron chi connectivity index (χ1n) is 8.54. The maximum atomic E-state index is 12.4. The number of pyridine rings is 1. The molecule has 2 aromatic heterocycles. The summed E-state index contributed by atoms with van der Waals surface area (Å²) in [4.78, 5) is 16.7. The van der Waals surface area contributed by atoms with Crippen molar-refractivity contribution >= 4 is 23.4 Å². The highest BCUT2D eigenvalue weighted by molar-refractivity contribution is 7.99. The molecule has 0 saturated heterocycles. The van der Waals surface area contributed by atoms with Gasteiger partial charge >= 0.3 is 0 Å². The highest BCUT2D eigenvalue weighted by Gasteiger charge is 2.16. The normalized spacial score (nSPS) is 10.6. The molecule has 0 fully saturated rings. The van der Waals surface area contributed by atoms with Crippen molar-refractivity contribution in [3.8, 4) is 17.3 Å². The van der Waals surface area contributed by atoms with Gasteiger partial charge in [-0.25, -0.2) is 0 Å². The molecule has 2 heterocycles. The van der Waals surface area contributed by atoms with E-state index in [9.17, 15) is 4.79 Å². The van der Waals surface area contributed by atoms with Crippen molar-refractivity contribution in [3.05, 3.63) is 48.2 Å². The Kier molecular flexibility index (Phi) is 6.08. The quantitative estimate of drug-likeness (QED) is 0.630. The van der Waals surface area contributed by atoms with Crippen LogP contribution in [-0.4, -0.2) is 38.5 Å². The van der Waals surface area contributed by atoms with Crippen LogP contribution in [-0.2, 0) is 11.3 Å². The molecule has 1 N–H and O–H groups in total. The number of anilines is 1. The number of nitrogens with one attached hydrogen (secondary N) is 1. The van der Waals surface area contributed by atoms with Crippen LogP contribution in [0.1, 0.15) is 12.5 Å². The summed E-state index contributed by atoms with van der Waals surface area (Å²) in [7, 11) is 1.58. The number of methoxy groups -OCH3 is 1. The number of carbonyl (C=O) groups excluding carboxylic acids is 1. The lowest BCUT2D eigenvalue weighted by Crippen LogP contribution is -2.15. The van der Waals surface area contributed by atoms with E-state index in [4.69, 9.17) is 4.74 Å². The molecule has 0 spiro atoms. The van der Waals surface area contributed by atoms with E-state index >= 15 is 0 Å². The second-order valence-corrected chi connectivity index (χ2v) is 6.75. The van der Waals surface area contributed by atoms with Crippen LogP contribution in [0.3, 0.4) is 0 Å². The SMILES string of the molecule is CCn1c(SCC(=O)Nc2cc(C)ccc2OC)nnc1-c1ccccn1. The molecule has 0 aliphatic rings. The molecule has 3 aromatic rings. The molecule has 0 atom stereocenters. The summed E-state index contributed by atoms with van der Waals surface area (Å²) in [6.07, 6.45) is 1.72. The smallest absolute Gasteiger partial charge is 0.234 e. The van der Waals surface area contributed by atoms with E-state index in [1.165, 1.54) is 11.8 Å². The van der Waals surface area contributed by atoms with Crippen LogP contribution in [0.4, 0.5) is 5.69 Å². The van der Waals surface area contributed by atoms with Crippen LogP contribution in [0, 0.1) is 6.92 Å². The first-order chi connectivity index (χ1) is 13.1. The van der Waals surface area contributed by atoms with Crippen molar-refractivity contribution < 1.29 is 9.53 Å². The molecule has 3 rings (SSSR count). The Hall–Kier alpha value is -2.87. The van der Waals surface area contributed by atoms with E-state index in [-0.39, 0.29) is 11.7 Å². The zero-order valence-corrected chi connectivity index (χ0v) is 16.3. The minimum Gasteiger partial charge on any atom is -0.495 e. The van der Waals surface area contributed by atoms with Gasteiger partial charge in [0, 0.05) is 12.7 Å². The molecular weight excluding hydrogens is 362 g/mol. The largest absolute Gasteiger partial charge is 0.495 e. The van der Waals surface area contributed by atoms with Crippen molar-refractivity contribution in [3.63, 3.8) is 0 Å². The van der Waals surface area contributed by atoms with Crippen LogP contribution in [0.5, 0.6) is 5.75 Å². The van der Waals surface area contributed by atoms with Gasteiger partial charge in [-0.05, 0) is 43.7 Å². The standard InChI is InChI=1S/C19H21N5O2S/c1-4-24-18(14-7-5-6-10-20-14)22-23-19(24)27-12-17(25)21-15-11-13(2)8-9-16(15)26-3/h5-11H,4,12H2,1-3H3,(H,21,25). The number of benzene rings is 1. The zero-order chi connectivity index (χ0) is 19.2. The maximum Gasteiger partial charge on any atom is 0.234 e. The first kappa shape index (κ1) is 18.9. The maximum absolute atomic E-state index is 12.4. The van der Waals surface area contributed by atoms with Gasteiger partial charge in [0.1, 0.15) is 11.4 Å². The topological polar surface area (TPSA) is 81.9 Å². The predicted octanol–water partition coefficient (Wildman–Crippen LogP) is 3.41. The minimum absolute atomic E-state index is 0.131. The van der Waals surface area contributed by atoms with E-state index in [1.807, 2.05) is 54.8 Å². The Bertz CT molecular complexity index is 927. The average Bonchev–Trinajstić information content (AvgIpc) is 3.10. The summed E-state index contributed by atoms with van der Waals surface area (Å²) in [5.74, 6) is 1.42. The highest BCUT2D eigenvalue weighted by Crippen LogP contribution is 2.26. The molecular formula is C19H21N5O2S. The summed E-state index contributed by atoms with van der Waals surface area (Å²) in [5, 5.41) is 12.0. The van der Waals surface area contributed by atoms with Gasteiger partial charge < -0.3 is 14.6 Å². The molecule has 0 saturated carbocycles. The fraction of sp³-hybridized carbons (Fsp3) is 0.263. The monoisotopic (exact) mass is 383 g/mol. The summed E-state index contributed by atoms with van der Waals surface area (Å²) in [5.41, 5.74) is 2.46. The van der Waals surface area contributed by atoms with E-state index in [0.717, 1.165) is 11.3 Å². The lowest BCUT2D eigenvalue weighted by atomic mass is 10.2. The predicted molar refractivity (Wildman–Crippen MR) is 106 cm³/mol. The fourth-order valence-corrected chi connectivity index (χ4v) is 3.40. The van der Waals surface area contributed by atoms with Gasteiger partial charge in [0.25, 0.3) is 0 Å². The lowest BCUT2D eigenvalue weighted by Gasteiger charge is -2.11. The molecule has 1 aromatic carbocycles. The number of carbonyl (C=O) groups is 1. The highest BCUT2D eigenvalue weighted by atomic mass is 32.2. The van der Waals surface area contributed by atoms with E-state index in [1.54, 1.807) is 13.3 Å². The number of nitrogens with zero attached hydrogens (tertiary/aromatic N) is 4. The van der Waals surface area contributed by atoms with E-state index in [0.29, 0.717) is 29.0 Å². The molecule has 1 amide bonds. The van der Waals surface area contributed by atoms with E-state index in [2.05, 4.69) is 20.5 Å². The summed E-state index contributed by atoms with van der Waals surface area (Å²) < 4.78 is 7.25.